The molecule has 1 N–H and O–H groups in total. The number of para-hydroxylation sites is 1. The van der Waals surface area contributed by atoms with Crippen LogP contribution in [0.4, 0.5) is 5.69 Å². The van der Waals surface area contributed by atoms with Crippen molar-refractivity contribution < 1.29 is 4.79 Å². The number of nitrogens with zero attached hydrogens (tertiary/aromatic N) is 3. The van der Waals surface area contributed by atoms with Gasteiger partial charge in [-0.3, -0.25) is 9.59 Å². The largest absolute Gasteiger partial charge is 0.324 e. The molecule has 0 bridgehead atoms. The lowest BCUT2D eigenvalue weighted by atomic mass is 9.72. The number of benzene rings is 1. The molecule has 0 saturated heterocycles. The molecule has 1 aliphatic rings. The molecular formula is C21H24N4O2S. The minimum atomic E-state index is -0.293. The lowest BCUT2D eigenvalue weighted by Gasteiger charge is -2.33. The van der Waals surface area contributed by atoms with Crippen LogP contribution in [0.3, 0.4) is 0 Å². The normalized spacial score (nSPS) is 16.8. The van der Waals surface area contributed by atoms with Crippen molar-refractivity contribution in [2.45, 2.75) is 46.6 Å². The van der Waals surface area contributed by atoms with Gasteiger partial charge in [-0.05, 0) is 48.3 Å². The molecule has 7 heteroatoms. The van der Waals surface area contributed by atoms with Crippen LogP contribution in [0.25, 0.3) is 10.2 Å². The van der Waals surface area contributed by atoms with Crippen LogP contribution < -0.4 is 10.9 Å². The fraction of sp³-hybridized carbons (Fsp3) is 0.429. The third kappa shape index (κ3) is 3.58. The highest BCUT2D eigenvalue weighted by Crippen LogP contribution is 2.41. The number of hydrogen-bond acceptors (Lipinski definition) is 5. The van der Waals surface area contributed by atoms with Gasteiger partial charge in [0.1, 0.15) is 6.54 Å². The molecule has 1 atom stereocenters. The summed E-state index contributed by atoms with van der Waals surface area (Å²) in [6.07, 6.45) is 2.93. The monoisotopic (exact) mass is 396 g/mol. The average Bonchev–Trinajstić information content (AvgIpc) is 3.02. The minimum absolute atomic E-state index is 0.147. The van der Waals surface area contributed by atoms with Crippen LogP contribution >= 0.6 is 11.3 Å². The van der Waals surface area contributed by atoms with Gasteiger partial charge in [0, 0.05) is 10.6 Å². The molecule has 4 rings (SSSR count). The lowest BCUT2D eigenvalue weighted by molar-refractivity contribution is -0.117. The Morgan fingerprint density at radius 3 is 2.75 bits per heavy atom. The molecule has 2 aromatic heterocycles. The standard InChI is InChI=1S/C21H24N4O2S/c1-21(2,3)13-9-10-15-16(11-13)28-19-18(15)20(27)25(24-23-19)12-17(26)22-14-7-5-4-6-8-14/h4-8,13H,9-12H2,1-3H3,(H,22,26). The van der Waals surface area contributed by atoms with E-state index < -0.39 is 0 Å². The van der Waals surface area contributed by atoms with Gasteiger partial charge in [0.05, 0.1) is 5.39 Å². The molecule has 1 aliphatic carbocycles. The Kier molecular flexibility index (Phi) is 4.79. The second-order valence-electron chi connectivity index (χ2n) is 8.46. The quantitative estimate of drug-likeness (QED) is 0.733. The van der Waals surface area contributed by atoms with Gasteiger partial charge in [-0.2, -0.15) is 0 Å². The maximum Gasteiger partial charge on any atom is 0.279 e. The van der Waals surface area contributed by atoms with Crippen LogP contribution in [0.1, 0.15) is 37.6 Å². The maximum atomic E-state index is 13.0. The zero-order valence-electron chi connectivity index (χ0n) is 16.4. The van der Waals surface area contributed by atoms with Crippen molar-refractivity contribution in [3.63, 3.8) is 0 Å². The first-order valence-electron chi connectivity index (χ1n) is 9.56. The van der Waals surface area contributed by atoms with E-state index in [1.807, 2.05) is 18.2 Å². The highest BCUT2D eigenvalue weighted by molar-refractivity contribution is 7.18. The number of nitrogens with one attached hydrogen (secondary N) is 1. The molecule has 1 unspecified atom stereocenters. The summed E-state index contributed by atoms with van der Waals surface area (Å²) in [7, 11) is 0. The van der Waals surface area contributed by atoms with E-state index >= 15 is 0 Å². The van der Waals surface area contributed by atoms with Crippen LogP contribution in [0, 0.1) is 11.3 Å². The zero-order valence-corrected chi connectivity index (χ0v) is 17.2. The van der Waals surface area contributed by atoms with Crippen molar-refractivity contribution in [2.75, 3.05) is 5.32 Å². The molecule has 146 valence electrons. The summed E-state index contributed by atoms with van der Waals surface area (Å²) in [5.74, 6) is 0.304. The van der Waals surface area contributed by atoms with Gasteiger partial charge < -0.3 is 5.32 Å². The van der Waals surface area contributed by atoms with Crippen LogP contribution in [0.2, 0.25) is 0 Å². The van der Waals surface area contributed by atoms with Crippen LogP contribution in [0.15, 0.2) is 35.1 Å². The summed E-state index contributed by atoms with van der Waals surface area (Å²) < 4.78 is 1.17. The highest BCUT2D eigenvalue weighted by atomic mass is 32.1. The molecule has 0 aliphatic heterocycles. The van der Waals surface area contributed by atoms with E-state index in [0.717, 1.165) is 24.8 Å². The summed E-state index contributed by atoms with van der Waals surface area (Å²) in [5.41, 5.74) is 1.82. The van der Waals surface area contributed by atoms with Crippen molar-refractivity contribution in [2.24, 2.45) is 11.3 Å². The molecule has 0 saturated carbocycles. The Balaban J connectivity index is 1.61. The van der Waals surface area contributed by atoms with E-state index in [9.17, 15) is 9.59 Å². The van der Waals surface area contributed by atoms with Crippen molar-refractivity contribution in [1.29, 1.82) is 0 Å². The van der Waals surface area contributed by atoms with Gasteiger partial charge in [-0.15, -0.1) is 16.4 Å². The van der Waals surface area contributed by atoms with Gasteiger partial charge in [-0.25, -0.2) is 4.68 Å². The predicted molar refractivity (Wildman–Crippen MR) is 112 cm³/mol. The van der Waals surface area contributed by atoms with Crippen LogP contribution in [0.5, 0.6) is 0 Å². The second kappa shape index (κ2) is 7.13. The molecule has 0 radical (unpaired) electrons. The highest BCUT2D eigenvalue weighted by Gasteiger charge is 2.32. The Morgan fingerprint density at radius 2 is 2.04 bits per heavy atom. The average molecular weight is 397 g/mol. The Morgan fingerprint density at radius 1 is 1.29 bits per heavy atom. The predicted octanol–water partition coefficient (Wildman–Crippen LogP) is 3.64. The zero-order chi connectivity index (χ0) is 19.9. The van der Waals surface area contributed by atoms with Crippen molar-refractivity contribution in [3.05, 3.63) is 51.1 Å². The van der Waals surface area contributed by atoms with Crippen molar-refractivity contribution >= 4 is 33.1 Å². The summed E-state index contributed by atoms with van der Waals surface area (Å²) in [6.45, 7) is 6.67. The number of carbonyl (C=O) groups excluding carboxylic acids is 1. The number of aryl methyl sites for hydroxylation is 1. The fourth-order valence-electron chi connectivity index (χ4n) is 3.83. The van der Waals surface area contributed by atoms with E-state index in [4.69, 9.17) is 0 Å². The Bertz CT molecular complexity index is 1080. The number of rotatable bonds is 3. The number of amides is 1. The molecule has 0 spiro atoms. The van der Waals surface area contributed by atoms with Gasteiger partial charge in [-0.1, -0.05) is 44.2 Å². The topological polar surface area (TPSA) is 76.9 Å². The fourth-order valence-corrected chi connectivity index (χ4v) is 5.06. The first-order chi connectivity index (χ1) is 13.3. The molecule has 6 nitrogen and oxygen atoms in total. The van der Waals surface area contributed by atoms with E-state index in [-0.39, 0.29) is 23.4 Å². The summed E-state index contributed by atoms with van der Waals surface area (Å²) >= 11 is 1.58. The third-order valence-corrected chi connectivity index (χ3v) is 6.65. The number of anilines is 1. The van der Waals surface area contributed by atoms with Gasteiger partial charge in [0.25, 0.3) is 5.56 Å². The second-order valence-corrected chi connectivity index (χ2v) is 9.54. The molecule has 3 aromatic rings. The number of fused-ring (bicyclic) bond motifs is 3. The van der Waals surface area contributed by atoms with Gasteiger partial charge in [0.2, 0.25) is 5.91 Å². The molecular weight excluding hydrogens is 372 g/mol. The van der Waals surface area contributed by atoms with Crippen LogP contribution in [-0.2, 0) is 24.2 Å². The number of thiophene rings is 1. The summed E-state index contributed by atoms with van der Waals surface area (Å²) in [6, 6.07) is 9.17. The maximum absolute atomic E-state index is 13.0. The van der Waals surface area contributed by atoms with Crippen molar-refractivity contribution in [3.8, 4) is 0 Å². The van der Waals surface area contributed by atoms with Gasteiger partial charge in [0.15, 0.2) is 4.83 Å². The molecule has 2 heterocycles. The first kappa shape index (κ1) is 18.8. The lowest BCUT2D eigenvalue weighted by Crippen LogP contribution is -2.31. The van der Waals surface area contributed by atoms with E-state index in [0.29, 0.717) is 21.8 Å². The molecule has 1 aromatic carbocycles. The SMILES string of the molecule is CC(C)(C)C1CCc2c(sc3nnn(CC(=O)Nc4ccccc4)c(=O)c23)C1. The first-order valence-corrected chi connectivity index (χ1v) is 10.4. The Hall–Kier alpha value is -2.54. The van der Waals surface area contributed by atoms with E-state index in [2.05, 4.69) is 36.4 Å². The van der Waals surface area contributed by atoms with E-state index in [1.165, 1.54) is 9.56 Å². The third-order valence-electron chi connectivity index (χ3n) is 5.51. The Labute approximate surface area is 167 Å². The molecule has 0 fully saturated rings. The van der Waals surface area contributed by atoms with Crippen LogP contribution in [-0.4, -0.2) is 20.9 Å². The minimum Gasteiger partial charge on any atom is -0.324 e. The number of carbonyl (C=O) groups is 1. The number of hydrogen-bond donors (Lipinski definition) is 1. The van der Waals surface area contributed by atoms with Crippen molar-refractivity contribution in [1.82, 2.24) is 15.0 Å². The molecule has 28 heavy (non-hydrogen) atoms. The van der Waals surface area contributed by atoms with Gasteiger partial charge >= 0.3 is 0 Å². The van der Waals surface area contributed by atoms with E-state index in [1.54, 1.807) is 23.5 Å². The summed E-state index contributed by atoms with van der Waals surface area (Å²) in [5, 5.41) is 11.7. The molecule has 1 amide bonds. The summed E-state index contributed by atoms with van der Waals surface area (Å²) in [4.78, 5) is 27.3. The number of aromatic nitrogens is 3. The smallest absolute Gasteiger partial charge is 0.279 e.